The van der Waals surface area contributed by atoms with E-state index in [1.54, 1.807) is 19.2 Å². The third-order valence-electron chi connectivity index (χ3n) is 12.0. The highest BCUT2D eigenvalue weighted by Crippen LogP contribution is 2.32. The number of benzene rings is 6. The highest BCUT2D eigenvalue weighted by molar-refractivity contribution is 5.95. The molecule has 0 spiro atoms. The topological polar surface area (TPSA) is 127 Å². The number of nitrogens with one attached hydrogen (secondary N) is 2. The molecule has 2 aliphatic heterocycles. The fraction of sp³-hybridized carbons (Fsp3) is 0.216. The summed E-state index contributed by atoms with van der Waals surface area (Å²) in [6, 6.07) is 47.2. The maximum Gasteiger partial charge on any atom is 0.253 e. The lowest BCUT2D eigenvalue weighted by Gasteiger charge is -2.31. The number of ether oxygens (including phenoxy) is 1. The number of methoxy groups -OCH3 is 1. The molecule has 306 valence electrons. The van der Waals surface area contributed by atoms with E-state index in [4.69, 9.17) is 9.72 Å². The van der Waals surface area contributed by atoms with Gasteiger partial charge in [-0.1, -0.05) is 84.9 Å². The van der Waals surface area contributed by atoms with Gasteiger partial charge in [-0.3, -0.25) is 9.59 Å². The first-order chi connectivity index (χ1) is 29.9. The number of hydrogen-bond donors (Lipinski definition) is 3. The van der Waals surface area contributed by atoms with Crippen LogP contribution in [0, 0.1) is 0 Å². The van der Waals surface area contributed by atoms with E-state index in [0.717, 1.165) is 112 Å². The standard InChI is InChI=1S/C26H25N3O2.C25H23N3O2/c1-31-22-11-12-23-24(17-22)28-25(27-23)20-13-15-29(16-14-20)26(30)21-9-7-19(8-10-21)18-5-3-2-4-6-18;29-21-10-11-22-23(16-21)27-24(26-22)19-12-14-28(15-13-19)25(30)20-8-6-18(7-9-20)17-4-2-1-3-5-17/h2-12,17,20H,13-16H2,1H3,(H,27,28);1-11,16,19,29H,12-15H2,(H,26,27). The molecule has 3 N–H and O–H groups in total. The van der Waals surface area contributed by atoms with E-state index in [1.807, 2.05) is 119 Å². The van der Waals surface area contributed by atoms with Gasteiger partial charge in [0.2, 0.25) is 0 Å². The number of H-pyrrole nitrogens is 2. The SMILES string of the molecule is COc1ccc2nc(C3CCN(C(=O)c4ccc(-c5ccccc5)cc4)CC3)[nH]c2c1.O=C(c1ccc(-c2ccccc2)cc1)N1CCC(c2nc3ccc(O)cc3[nH]2)CC1. The van der Waals surface area contributed by atoms with E-state index in [2.05, 4.69) is 39.2 Å². The van der Waals surface area contributed by atoms with Gasteiger partial charge in [0.15, 0.2) is 0 Å². The van der Waals surface area contributed by atoms with E-state index in [-0.39, 0.29) is 17.6 Å². The predicted molar refractivity (Wildman–Crippen MR) is 240 cm³/mol. The van der Waals surface area contributed by atoms with Gasteiger partial charge in [-0.15, -0.1) is 0 Å². The molecule has 10 nitrogen and oxygen atoms in total. The van der Waals surface area contributed by atoms with E-state index in [0.29, 0.717) is 24.9 Å². The molecule has 10 rings (SSSR count). The molecule has 2 amide bonds. The molecule has 2 fully saturated rings. The molecule has 2 aromatic heterocycles. The normalized spacial score (nSPS) is 14.8. The Morgan fingerprint density at radius 2 is 0.951 bits per heavy atom. The van der Waals surface area contributed by atoms with Crippen molar-refractivity contribution in [2.75, 3.05) is 33.3 Å². The number of carbonyl (C=O) groups excluding carboxylic acids is 2. The van der Waals surface area contributed by atoms with E-state index >= 15 is 0 Å². The van der Waals surface area contributed by atoms with Crippen LogP contribution >= 0.6 is 0 Å². The molecule has 0 aliphatic carbocycles. The number of phenols is 1. The van der Waals surface area contributed by atoms with Gasteiger partial charge in [-0.05, 0) is 96.5 Å². The molecule has 2 aliphatic rings. The van der Waals surface area contributed by atoms with Crippen LogP contribution in [0.5, 0.6) is 11.5 Å². The van der Waals surface area contributed by atoms with Crippen molar-refractivity contribution < 1.29 is 19.4 Å². The van der Waals surface area contributed by atoms with Gasteiger partial charge in [-0.2, -0.15) is 0 Å². The van der Waals surface area contributed by atoms with Crippen LogP contribution in [-0.4, -0.2) is 79.9 Å². The number of aromatic amines is 2. The third kappa shape index (κ3) is 8.75. The van der Waals surface area contributed by atoms with E-state index < -0.39 is 0 Å². The lowest BCUT2D eigenvalue weighted by Crippen LogP contribution is -2.38. The molecular formula is C51H48N6O4. The molecule has 6 aromatic carbocycles. The third-order valence-corrected chi connectivity index (χ3v) is 12.0. The van der Waals surface area contributed by atoms with Gasteiger partial charge in [-0.25, -0.2) is 9.97 Å². The van der Waals surface area contributed by atoms with Crippen molar-refractivity contribution in [3.8, 4) is 33.8 Å². The first-order valence-corrected chi connectivity index (χ1v) is 21.0. The first-order valence-electron chi connectivity index (χ1n) is 21.0. The zero-order chi connectivity index (χ0) is 41.7. The fourth-order valence-corrected chi connectivity index (χ4v) is 8.49. The van der Waals surface area contributed by atoms with Crippen LogP contribution < -0.4 is 4.74 Å². The van der Waals surface area contributed by atoms with Gasteiger partial charge in [0.05, 0.1) is 29.2 Å². The van der Waals surface area contributed by atoms with Crippen molar-refractivity contribution in [1.29, 1.82) is 0 Å². The number of hydrogen-bond acceptors (Lipinski definition) is 6. The zero-order valence-corrected chi connectivity index (χ0v) is 34.1. The number of fused-ring (bicyclic) bond motifs is 2. The average Bonchev–Trinajstić information content (AvgIpc) is 3.96. The lowest BCUT2D eigenvalue weighted by atomic mass is 9.95. The van der Waals surface area contributed by atoms with Crippen molar-refractivity contribution in [3.05, 3.63) is 168 Å². The first kappa shape index (κ1) is 39.3. The Hall–Kier alpha value is -7.20. The Labute approximate surface area is 354 Å². The van der Waals surface area contributed by atoms with Crippen LogP contribution in [0.15, 0.2) is 146 Å². The molecule has 10 heteroatoms. The Morgan fingerprint density at radius 3 is 1.39 bits per heavy atom. The number of rotatable bonds is 7. The van der Waals surface area contributed by atoms with E-state index in [9.17, 15) is 14.7 Å². The molecular weight excluding hydrogens is 761 g/mol. The predicted octanol–water partition coefficient (Wildman–Crippen LogP) is 10.2. The van der Waals surface area contributed by atoms with Crippen LogP contribution in [0.4, 0.5) is 0 Å². The van der Waals surface area contributed by atoms with Gasteiger partial charge in [0.1, 0.15) is 23.1 Å². The van der Waals surface area contributed by atoms with Gasteiger partial charge in [0.25, 0.3) is 11.8 Å². The van der Waals surface area contributed by atoms with Crippen molar-refractivity contribution in [2.24, 2.45) is 0 Å². The minimum absolute atomic E-state index is 0.0857. The smallest absolute Gasteiger partial charge is 0.253 e. The summed E-state index contributed by atoms with van der Waals surface area (Å²) in [6.07, 6.45) is 3.56. The van der Waals surface area contributed by atoms with Crippen LogP contribution in [0.2, 0.25) is 0 Å². The summed E-state index contributed by atoms with van der Waals surface area (Å²) in [5.41, 5.74) is 9.67. The number of aromatic nitrogens is 4. The van der Waals surface area contributed by atoms with Crippen molar-refractivity contribution >= 4 is 33.9 Å². The zero-order valence-electron chi connectivity index (χ0n) is 34.1. The molecule has 0 bridgehead atoms. The Morgan fingerprint density at radius 1 is 0.541 bits per heavy atom. The molecule has 2 saturated heterocycles. The summed E-state index contributed by atoms with van der Waals surface area (Å²) in [7, 11) is 1.67. The summed E-state index contributed by atoms with van der Waals surface area (Å²) >= 11 is 0. The molecule has 0 atom stereocenters. The van der Waals surface area contributed by atoms with Crippen LogP contribution in [0.25, 0.3) is 44.3 Å². The number of nitrogens with zero attached hydrogens (tertiary/aromatic N) is 4. The number of likely N-dealkylation sites (tertiary alicyclic amines) is 2. The van der Waals surface area contributed by atoms with Crippen molar-refractivity contribution in [1.82, 2.24) is 29.7 Å². The summed E-state index contributed by atoms with van der Waals surface area (Å²) < 4.78 is 5.30. The quantitative estimate of drug-likeness (QED) is 0.147. The van der Waals surface area contributed by atoms with Crippen molar-refractivity contribution in [2.45, 2.75) is 37.5 Å². The highest BCUT2D eigenvalue weighted by atomic mass is 16.5. The van der Waals surface area contributed by atoms with Crippen LogP contribution in [0.1, 0.15) is 69.9 Å². The summed E-state index contributed by atoms with van der Waals surface area (Å²) in [5.74, 6) is 3.82. The minimum Gasteiger partial charge on any atom is -0.508 e. The van der Waals surface area contributed by atoms with Crippen LogP contribution in [-0.2, 0) is 0 Å². The molecule has 0 saturated carbocycles. The number of imidazole rings is 2. The number of phenolic OH excluding ortho intramolecular Hbond substituents is 1. The average molecular weight is 809 g/mol. The summed E-state index contributed by atoms with van der Waals surface area (Å²) in [4.78, 5) is 46.0. The number of aromatic hydroxyl groups is 1. The summed E-state index contributed by atoms with van der Waals surface area (Å²) in [6.45, 7) is 2.91. The van der Waals surface area contributed by atoms with Gasteiger partial charge < -0.3 is 29.6 Å². The summed E-state index contributed by atoms with van der Waals surface area (Å²) in [5, 5.41) is 9.64. The van der Waals surface area contributed by atoms with Gasteiger partial charge in [0, 0.05) is 61.3 Å². The maximum absolute atomic E-state index is 13.0. The minimum atomic E-state index is 0.0857. The Kier molecular flexibility index (Phi) is 11.3. The van der Waals surface area contributed by atoms with Crippen LogP contribution in [0.3, 0.4) is 0 Å². The molecule has 0 radical (unpaired) electrons. The second-order valence-corrected chi connectivity index (χ2v) is 15.8. The molecule has 8 aromatic rings. The van der Waals surface area contributed by atoms with Crippen molar-refractivity contribution in [3.63, 3.8) is 0 Å². The number of carbonyl (C=O) groups is 2. The second kappa shape index (κ2) is 17.6. The molecule has 61 heavy (non-hydrogen) atoms. The Balaban J connectivity index is 0.000000156. The van der Waals surface area contributed by atoms with Gasteiger partial charge >= 0.3 is 0 Å². The maximum atomic E-state index is 13.0. The number of amides is 2. The molecule has 0 unspecified atom stereocenters. The largest absolute Gasteiger partial charge is 0.508 e. The highest BCUT2D eigenvalue weighted by Gasteiger charge is 2.28. The second-order valence-electron chi connectivity index (χ2n) is 15.8. The molecule has 4 heterocycles. The number of piperidine rings is 2. The van der Waals surface area contributed by atoms with E-state index in [1.165, 1.54) is 0 Å². The monoisotopic (exact) mass is 808 g/mol. The lowest BCUT2D eigenvalue weighted by molar-refractivity contribution is 0.0704. The Bertz CT molecular complexity index is 2750. The fourth-order valence-electron chi connectivity index (χ4n) is 8.49.